The van der Waals surface area contributed by atoms with E-state index in [2.05, 4.69) is 23.9 Å². The van der Waals surface area contributed by atoms with Gasteiger partial charge in [-0.2, -0.15) is 0 Å². The number of hydrogen-bond donors (Lipinski definition) is 1. The zero-order chi connectivity index (χ0) is 27.8. The van der Waals surface area contributed by atoms with Crippen LogP contribution in [-0.4, -0.2) is 72.1 Å². The summed E-state index contributed by atoms with van der Waals surface area (Å²) in [5, 5.41) is 3.69. The van der Waals surface area contributed by atoms with Gasteiger partial charge in [-0.25, -0.2) is 4.79 Å². The molecule has 0 aliphatic carbocycles. The Morgan fingerprint density at radius 2 is 1.79 bits per heavy atom. The van der Waals surface area contributed by atoms with Gasteiger partial charge in [-0.3, -0.25) is 19.2 Å². The zero-order valence-corrected chi connectivity index (χ0v) is 22.6. The fourth-order valence-corrected chi connectivity index (χ4v) is 5.03. The fourth-order valence-electron chi connectivity index (χ4n) is 3.82. The van der Waals surface area contributed by atoms with Crippen LogP contribution in [0.4, 0.5) is 0 Å². The molecule has 0 saturated carbocycles. The number of esters is 3. The van der Waals surface area contributed by atoms with Crippen molar-refractivity contribution in [3.8, 4) is 5.75 Å². The summed E-state index contributed by atoms with van der Waals surface area (Å²) in [6.07, 6.45) is 0.812. The van der Waals surface area contributed by atoms with Crippen LogP contribution in [0.25, 0.3) is 0 Å². The number of rotatable bonds is 12. The number of carbonyl (C=O) groups excluding carboxylic acids is 5. The molecule has 2 heterocycles. The third kappa shape index (κ3) is 7.27. The minimum Gasteiger partial charge on any atom is -0.484 e. The average molecular weight is 549 g/mol. The van der Waals surface area contributed by atoms with Crippen LogP contribution in [0.2, 0.25) is 0 Å². The molecule has 206 valence electrons. The number of fused-ring (bicyclic) bond motifs is 1. The Balaban J connectivity index is 1.63. The zero-order valence-electron chi connectivity index (χ0n) is 21.8. The van der Waals surface area contributed by atoms with Crippen molar-refractivity contribution in [3.63, 3.8) is 0 Å². The number of thioether (sulfide) groups is 1. The summed E-state index contributed by atoms with van der Waals surface area (Å²) in [5.41, 5.74) is 1.49. The van der Waals surface area contributed by atoms with Crippen LogP contribution >= 0.6 is 11.8 Å². The molecule has 1 aromatic carbocycles. The Bertz CT molecular complexity index is 1090. The maximum atomic E-state index is 13.0. The molecule has 38 heavy (non-hydrogen) atoms. The van der Waals surface area contributed by atoms with Gasteiger partial charge in [0.25, 0.3) is 5.91 Å². The van der Waals surface area contributed by atoms with Gasteiger partial charge in [-0.15, -0.1) is 11.8 Å². The fraction of sp³-hybridized carbons (Fsp3) is 0.500. The van der Waals surface area contributed by atoms with Crippen molar-refractivity contribution >= 4 is 41.5 Å². The monoisotopic (exact) mass is 548 g/mol. The van der Waals surface area contributed by atoms with Crippen LogP contribution in [0.3, 0.4) is 0 Å². The number of benzene rings is 1. The third-order valence-electron chi connectivity index (χ3n) is 5.84. The van der Waals surface area contributed by atoms with E-state index in [0.717, 1.165) is 12.5 Å². The van der Waals surface area contributed by atoms with Crippen molar-refractivity contribution in [1.29, 1.82) is 0 Å². The van der Waals surface area contributed by atoms with E-state index >= 15 is 0 Å². The predicted molar refractivity (Wildman–Crippen MR) is 137 cm³/mol. The molecule has 3 rings (SSSR count). The number of nitrogens with one attached hydrogen (secondary N) is 1. The predicted octanol–water partition coefficient (Wildman–Crippen LogP) is 2.25. The van der Waals surface area contributed by atoms with Gasteiger partial charge in [0.05, 0.1) is 0 Å². The van der Waals surface area contributed by atoms with Gasteiger partial charge in [0, 0.05) is 18.9 Å². The van der Waals surface area contributed by atoms with Gasteiger partial charge >= 0.3 is 17.9 Å². The smallest absolute Gasteiger partial charge is 0.336 e. The molecule has 2 aliphatic heterocycles. The van der Waals surface area contributed by atoms with Gasteiger partial charge in [-0.1, -0.05) is 32.9 Å². The summed E-state index contributed by atoms with van der Waals surface area (Å²) in [6.45, 7) is 6.02. The highest BCUT2D eigenvalue weighted by Gasteiger charge is 2.56. The number of β-lactam (4-membered cyclic amide) rings is 1. The second-order valence-electron chi connectivity index (χ2n) is 9.05. The normalized spacial score (nSPS) is 20.0. The number of hydrogen-bond acceptors (Lipinski definition) is 10. The van der Waals surface area contributed by atoms with Crippen molar-refractivity contribution < 1.29 is 42.9 Å². The van der Waals surface area contributed by atoms with Crippen LogP contribution < -0.4 is 10.1 Å². The summed E-state index contributed by atoms with van der Waals surface area (Å²) in [6, 6.07) is 5.33. The van der Waals surface area contributed by atoms with Crippen molar-refractivity contribution in [2.45, 2.75) is 63.9 Å². The molecule has 0 radical (unpaired) electrons. The lowest BCUT2D eigenvalue weighted by molar-refractivity contribution is -0.175. The molecule has 2 aliphatic rings. The lowest BCUT2D eigenvalue weighted by Crippen LogP contribution is -2.74. The van der Waals surface area contributed by atoms with Crippen molar-refractivity contribution in [2.24, 2.45) is 0 Å². The Labute approximate surface area is 225 Å². The molecule has 0 aromatic heterocycles. The molecule has 2 amide bonds. The van der Waals surface area contributed by atoms with Crippen molar-refractivity contribution in [1.82, 2.24) is 10.2 Å². The second-order valence-corrected chi connectivity index (χ2v) is 10.0. The average Bonchev–Trinajstić information content (AvgIpc) is 2.88. The topological polar surface area (TPSA) is 138 Å². The first-order chi connectivity index (χ1) is 18.1. The largest absolute Gasteiger partial charge is 0.484 e. The SMILES string of the molecule is CCCC(=O)OCC1=CS[C@@H]2C(NC(=O)COc3ccc(C(C)C)cc3)C(=O)N2C1C(=O)OCOC(C)=O. The number of nitrogens with zero attached hydrogens (tertiary/aromatic N) is 1. The Morgan fingerprint density at radius 3 is 2.42 bits per heavy atom. The summed E-state index contributed by atoms with van der Waals surface area (Å²) in [7, 11) is 0. The van der Waals surface area contributed by atoms with Crippen LogP contribution in [-0.2, 0) is 38.2 Å². The lowest BCUT2D eigenvalue weighted by atomic mass is 9.98. The van der Waals surface area contributed by atoms with Crippen LogP contribution in [0.15, 0.2) is 35.2 Å². The molecule has 1 N–H and O–H groups in total. The molecule has 2 unspecified atom stereocenters. The Morgan fingerprint density at radius 1 is 1.08 bits per heavy atom. The van der Waals surface area contributed by atoms with E-state index in [1.807, 2.05) is 19.1 Å². The van der Waals surface area contributed by atoms with E-state index in [0.29, 0.717) is 23.7 Å². The standard InChI is InChI=1S/C26H32N2O9S/c1-5-6-21(31)35-11-18-13-38-25-22(24(32)28(25)23(18)26(33)37-14-36-16(4)29)27-20(30)12-34-19-9-7-17(8-10-19)15(2)3/h7-10,13,15,22-23,25H,5-6,11-12,14H2,1-4H3,(H,27,30)/t22?,23?,25-/m1/s1. The maximum Gasteiger partial charge on any atom is 0.336 e. The van der Waals surface area contributed by atoms with Crippen LogP contribution in [0.1, 0.15) is 52.0 Å². The molecule has 11 nitrogen and oxygen atoms in total. The van der Waals surface area contributed by atoms with Crippen molar-refractivity contribution in [3.05, 3.63) is 40.8 Å². The van der Waals surface area contributed by atoms with E-state index in [1.165, 1.54) is 16.7 Å². The molecular formula is C26H32N2O9S. The molecule has 1 aromatic rings. The minimum absolute atomic E-state index is 0.212. The minimum atomic E-state index is -1.19. The second kappa shape index (κ2) is 13.3. The van der Waals surface area contributed by atoms with Crippen LogP contribution in [0.5, 0.6) is 5.75 Å². The van der Waals surface area contributed by atoms with E-state index in [1.54, 1.807) is 17.5 Å². The number of amides is 2. The molecule has 12 heteroatoms. The number of ether oxygens (including phenoxy) is 4. The Kier molecular flexibility index (Phi) is 10.2. The van der Waals surface area contributed by atoms with Crippen LogP contribution in [0, 0.1) is 0 Å². The van der Waals surface area contributed by atoms with Gasteiger partial charge in [-0.05, 0) is 35.4 Å². The van der Waals surface area contributed by atoms with Gasteiger partial charge in [0.15, 0.2) is 12.6 Å². The molecular weight excluding hydrogens is 516 g/mol. The Hall–Kier alpha value is -3.54. The third-order valence-corrected chi connectivity index (χ3v) is 7.06. The quantitative estimate of drug-likeness (QED) is 0.235. The molecule has 1 fully saturated rings. The molecule has 0 bridgehead atoms. The molecule has 1 saturated heterocycles. The van der Waals surface area contributed by atoms with Gasteiger partial charge in [0.2, 0.25) is 12.7 Å². The maximum absolute atomic E-state index is 13.0. The first kappa shape index (κ1) is 29.0. The highest BCUT2D eigenvalue weighted by Crippen LogP contribution is 2.40. The highest BCUT2D eigenvalue weighted by atomic mass is 32.2. The highest BCUT2D eigenvalue weighted by molar-refractivity contribution is 8.02. The van der Waals surface area contributed by atoms with Gasteiger partial charge in [0.1, 0.15) is 23.8 Å². The molecule has 0 spiro atoms. The summed E-state index contributed by atoms with van der Waals surface area (Å²) in [4.78, 5) is 62.5. The van der Waals surface area contributed by atoms with E-state index < -0.39 is 54.0 Å². The van der Waals surface area contributed by atoms with E-state index in [-0.39, 0.29) is 19.6 Å². The first-order valence-electron chi connectivity index (χ1n) is 12.3. The first-order valence-corrected chi connectivity index (χ1v) is 13.2. The van der Waals surface area contributed by atoms with E-state index in [4.69, 9.17) is 14.2 Å². The van der Waals surface area contributed by atoms with Gasteiger partial charge < -0.3 is 29.2 Å². The van der Waals surface area contributed by atoms with Crippen molar-refractivity contribution in [2.75, 3.05) is 20.0 Å². The summed E-state index contributed by atoms with van der Waals surface area (Å²) >= 11 is 1.21. The number of carbonyl (C=O) groups is 5. The summed E-state index contributed by atoms with van der Waals surface area (Å²) < 4.78 is 20.5. The summed E-state index contributed by atoms with van der Waals surface area (Å²) in [5.74, 6) is -2.02. The lowest BCUT2D eigenvalue weighted by Gasteiger charge is -2.51. The van der Waals surface area contributed by atoms with E-state index in [9.17, 15) is 24.0 Å². The molecule has 3 atom stereocenters.